The van der Waals surface area contributed by atoms with Gasteiger partial charge in [-0.05, 0) is 37.3 Å². The van der Waals surface area contributed by atoms with E-state index in [0.29, 0.717) is 12.6 Å². The summed E-state index contributed by atoms with van der Waals surface area (Å²) in [5, 5.41) is 4.10. The molecule has 8 nitrogen and oxygen atoms in total. The van der Waals surface area contributed by atoms with Gasteiger partial charge in [0.2, 0.25) is 0 Å². The van der Waals surface area contributed by atoms with Crippen molar-refractivity contribution in [3.8, 4) is 11.3 Å². The van der Waals surface area contributed by atoms with Gasteiger partial charge < -0.3 is 15.0 Å². The van der Waals surface area contributed by atoms with E-state index in [1.165, 1.54) is 11.3 Å². The molecule has 0 aliphatic carbocycles. The summed E-state index contributed by atoms with van der Waals surface area (Å²) in [6, 6.07) is 12.3. The van der Waals surface area contributed by atoms with E-state index in [2.05, 4.69) is 37.0 Å². The van der Waals surface area contributed by atoms with Crippen LogP contribution in [0.5, 0.6) is 0 Å². The van der Waals surface area contributed by atoms with E-state index in [4.69, 9.17) is 4.98 Å². The van der Waals surface area contributed by atoms with E-state index in [-0.39, 0.29) is 0 Å². The van der Waals surface area contributed by atoms with Crippen molar-refractivity contribution in [1.82, 2.24) is 24.8 Å². The van der Waals surface area contributed by atoms with Gasteiger partial charge >= 0.3 is 0 Å². The molecule has 162 valence electrons. The molecule has 5 rings (SSSR count). The Bertz CT molecular complexity index is 1230. The number of aldehydes is 1. The number of thiazole rings is 1. The number of nitrogens with one attached hydrogen (secondary N) is 1. The lowest BCUT2D eigenvalue weighted by atomic mass is 10.1. The number of carbonyl (C=O) groups excluding carboxylic acids is 1. The Kier molecular flexibility index (Phi) is 5.74. The van der Waals surface area contributed by atoms with E-state index in [9.17, 15) is 4.79 Å². The second-order valence-electron chi connectivity index (χ2n) is 7.77. The fraction of sp³-hybridized carbons (Fsp3) is 0.261. The van der Waals surface area contributed by atoms with Crippen molar-refractivity contribution in [2.45, 2.75) is 13.0 Å². The Morgan fingerprint density at radius 2 is 2.00 bits per heavy atom. The molecule has 1 aliphatic heterocycles. The van der Waals surface area contributed by atoms with Crippen LogP contribution in [-0.4, -0.2) is 63.3 Å². The number of aromatic nitrogens is 4. The molecule has 32 heavy (non-hydrogen) atoms. The highest BCUT2D eigenvalue weighted by atomic mass is 32.1. The number of piperazine rings is 1. The van der Waals surface area contributed by atoms with Crippen LogP contribution in [0.3, 0.4) is 0 Å². The molecular formula is C23H23N7OS. The molecule has 0 aromatic carbocycles. The van der Waals surface area contributed by atoms with Crippen molar-refractivity contribution >= 4 is 44.6 Å². The molecule has 1 aliphatic rings. The molecular weight excluding hydrogens is 422 g/mol. The Labute approximate surface area is 190 Å². The van der Waals surface area contributed by atoms with Crippen molar-refractivity contribution in [2.24, 2.45) is 0 Å². The third-order valence-corrected chi connectivity index (χ3v) is 6.47. The molecule has 4 aromatic heterocycles. The molecule has 4 aromatic rings. The predicted octanol–water partition coefficient (Wildman–Crippen LogP) is 3.60. The van der Waals surface area contributed by atoms with Crippen molar-refractivity contribution < 1.29 is 4.79 Å². The molecule has 0 amide bonds. The maximum absolute atomic E-state index is 10.8. The summed E-state index contributed by atoms with van der Waals surface area (Å²) in [7, 11) is 0. The average molecular weight is 446 g/mol. The van der Waals surface area contributed by atoms with E-state index in [0.717, 1.165) is 64.2 Å². The van der Waals surface area contributed by atoms with Gasteiger partial charge in [-0.2, -0.15) is 0 Å². The summed E-state index contributed by atoms with van der Waals surface area (Å²) in [4.78, 5) is 34.2. The van der Waals surface area contributed by atoms with E-state index in [1.807, 2.05) is 42.6 Å². The van der Waals surface area contributed by atoms with Crippen molar-refractivity contribution in [3.05, 3.63) is 55.0 Å². The first-order chi connectivity index (χ1) is 15.7. The highest BCUT2D eigenvalue weighted by Crippen LogP contribution is 2.30. The smallest absolute Gasteiger partial charge is 0.190 e. The summed E-state index contributed by atoms with van der Waals surface area (Å²) in [5.74, 6) is 0.749. The van der Waals surface area contributed by atoms with Crippen LogP contribution < -0.4 is 10.2 Å². The number of hydrogen-bond acceptors (Lipinski definition) is 9. The first kappa shape index (κ1) is 20.5. The Balaban J connectivity index is 1.34. The molecule has 1 N–H and O–H groups in total. The summed E-state index contributed by atoms with van der Waals surface area (Å²) < 4.78 is 0. The van der Waals surface area contributed by atoms with Crippen LogP contribution in [0.1, 0.15) is 6.92 Å². The number of anilines is 3. The first-order valence-corrected chi connectivity index (χ1v) is 11.3. The van der Waals surface area contributed by atoms with Gasteiger partial charge in [-0.15, -0.1) is 0 Å². The van der Waals surface area contributed by atoms with Gasteiger partial charge in [0, 0.05) is 61.6 Å². The third kappa shape index (κ3) is 4.30. The molecule has 9 heteroatoms. The van der Waals surface area contributed by atoms with Gasteiger partial charge in [0.25, 0.3) is 0 Å². The number of hydrogen-bond donors (Lipinski definition) is 1. The summed E-state index contributed by atoms with van der Waals surface area (Å²) in [6.07, 6.45) is 6.32. The lowest BCUT2D eigenvalue weighted by molar-refractivity contribution is -0.109. The fourth-order valence-electron chi connectivity index (χ4n) is 4.02. The summed E-state index contributed by atoms with van der Waals surface area (Å²) >= 11 is 1.51. The van der Waals surface area contributed by atoms with Gasteiger partial charge in [0.05, 0.1) is 12.2 Å². The number of pyridine rings is 3. The Morgan fingerprint density at radius 3 is 2.81 bits per heavy atom. The van der Waals surface area contributed by atoms with Crippen LogP contribution in [0.25, 0.3) is 21.6 Å². The Hall–Kier alpha value is -3.43. The highest BCUT2D eigenvalue weighted by Gasteiger charge is 2.23. The third-order valence-electron chi connectivity index (χ3n) is 5.59. The van der Waals surface area contributed by atoms with Gasteiger partial charge in [-0.25, -0.2) is 15.0 Å². The number of carbonyl (C=O) groups is 1. The summed E-state index contributed by atoms with van der Waals surface area (Å²) in [6.45, 7) is 5.30. The SMILES string of the molecule is CC1CN(CC=O)CCN1c1ccnc(Nc2nc3ccc(-c4ccncc4)nc3s2)c1. The zero-order chi connectivity index (χ0) is 21.9. The fourth-order valence-corrected chi connectivity index (χ4v) is 4.86. The molecule has 0 radical (unpaired) electrons. The second kappa shape index (κ2) is 8.97. The van der Waals surface area contributed by atoms with Gasteiger partial charge in [0.1, 0.15) is 22.5 Å². The average Bonchev–Trinajstić information content (AvgIpc) is 3.21. The van der Waals surface area contributed by atoms with Crippen LogP contribution in [0.15, 0.2) is 55.0 Å². The number of nitrogens with zero attached hydrogens (tertiary/aromatic N) is 6. The van der Waals surface area contributed by atoms with E-state index in [1.54, 1.807) is 12.4 Å². The van der Waals surface area contributed by atoms with Crippen LogP contribution in [0.2, 0.25) is 0 Å². The zero-order valence-corrected chi connectivity index (χ0v) is 18.5. The molecule has 0 spiro atoms. The lowest BCUT2D eigenvalue weighted by Crippen LogP contribution is -2.52. The quantitative estimate of drug-likeness (QED) is 0.451. The van der Waals surface area contributed by atoms with Crippen molar-refractivity contribution in [1.29, 1.82) is 0 Å². The largest absolute Gasteiger partial charge is 0.366 e. The van der Waals surface area contributed by atoms with E-state index >= 15 is 0 Å². The van der Waals surface area contributed by atoms with Crippen molar-refractivity contribution in [2.75, 3.05) is 36.4 Å². The van der Waals surface area contributed by atoms with Gasteiger partial charge in [-0.3, -0.25) is 9.88 Å². The Morgan fingerprint density at radius 1 is 1.12 bits per heavy atom. The first-order valence-electron chi connectivity index (χ1n) is 10.5. The molecule has 5 heterocycles. The number of fused-ring (bicyclic) bond motifs is 1. The standard InChI is InChI=1S/C23H23N7OS/c1-16-15-29(12-13-31)10-11-30(16)18-6-9-25-21(14-18)28-23-27-20-3-2-19(26-22(20)32-23)17-4-7-24-8-5-17/h2-9,13-14,16H,10-12,15H2,1H3,(H,25,27,28). The van der Waals surface area contributed by atoms with Gasteiger partial charge in [-0.1, -0.05) is 11.3 Å². The van der Waals surface area contributed by atoms with Crippen LogP contribution >= 0.6 is 11.3 Å². The molecule has 0 bridgehead atoms. The van der Waals surface area contributed by atoms with Crippen LogP contribution in [0, 0.1) is 0 Å². The molecule has 1 atom stereocenters. The second-order valence-corrected chi connectivity index (χ2v) is 8.75. The molecule has 0 saturated carbocycles. The van der Waals surface area contributed by atoms with E-state index < -0.39 is 0 Å². The molecule has 1 unspecified atom stereocenters. The minimum Gasteiger partial charge on any atom is -0.366 e. The zero-order valence-electron chi connectivity index (χ0n) is 17.7. The van der Waals surface area contributed by atoms with Crippen LogP contribution in [-0.2, 0) is 4.79 Å². The maximum Gasteiger partial charge on any atom is 0.190 e. The lowest BCUT2D eigenvalue weighted by Gasteiger charge is -2.40. The minimum absolute atomic E-state index is 0.317. The normalized spacial score (nSPS) is 16.9. The summed E-state index contributed by atoms with van der Waals surface area (Å²) in [5.41, 5.74) is 3.89. The molecule has 1 fully saturated rings. The minimum atomic E-state index is 0.317. The molecule has 1 saturated heterocycles. The highest BCUT2D eigenvalue weighted by molar-refractivity contribution is 7.21. The topological polar surface area (TPSA) is 87.1 Å². The van der Waals surface area contributed by atoms with Gasteiger partial charge in [0.15, 0.2) is 5.13 Å². The predicted molar refractivity (Wildman–Crippen MR) is 127 cm³/mol. The number of rotatable bonds is 6. The van der Waals surface area contributed by atoms with Crippen LogP contribution in [0.4, 0.5) is 16.6 Å². The maximum atomic E-state index is 10.8. The van der Waals surface area contributed by atoms with Crippen molar-refractivity contribution in [3.63, 3.8) is 0 Å². The monoisotopic (exact) mass is 445 g/mol.